The van der Waals surface area contributed by atoms with Gasteiger partial charge in [0.2, 0.25) is 5.88 Å². The van der Waals surface area contributed by atoms with Crippen molar-refractivity contribution in [3.05, 3.63) is 57.8 Å². The molecule has 4 nitrogen and oxygen atoms in total. The van der Waals surface area contributed by atoms with Gasteiger partial charge in [0.1, 0.15) is 0 Å². The number of allylic oxidation sites excluding steroid dienone is 1. The van der Waals surface area contributed by atoms with Gasteiger partial charge >= 0.3 is 0 Å². The molecule has 0 saturated carbocycles. The van der Waals surface area contributed by atoms with E-state index in [1.54, 1.807) is 25.1 Å². The SMILES string of the molecule is Cc1cc(N/C=C\C(=O)c2ccc(Cl)c(Cl)c2)on1. The summed E-state index contributed by atoms with van der Waals surface area (Å²) in [4.78, 5) is 11.8. The van der Waals surface area contributed by atoms with Gasteiger partial charge in [0.15, 0.2) is 5.78 Å². The van der Waals surface area contributed by atoms with Gasteiger partial charge in [0.05, 0.1) is 15.7 Å². The molecule has 0 unspecified atom stereocenters. The van der Waals surface area contributed by atoms with Crippen LogP contribution in [0.15, 0.2) is 41.1 Å². The highest BCUT2D eigenvalue weighted by molar-refractivity contribution is 6.42. The Morgan fingerprint density at radius 1 is 1.32 bits per heavy atom. The first-order valence-electron chi connectivity index (χ1n) is 5.42. The van der Waals surface area contributed by atoms with E-state index in [0.29, 0.717) is 21.5 Å². The molecule has 0 atom stereocenters. The van der Waals surface area contributed by atoms with Crippen LogP contribution in [0.3, 0.4) is 0 Å². The van der Waals surface area contributed by atoms with Crippen LogP contribution in [0.25, 0.3) is 0 Å². The van der Waals surface area contributed by atoms with Crippen LogP contribution in [0, 0.1) is 6.92 Å². The summed E-state index contributed by atoms with van der Waals surface area (Å²) in [5.41, 5.74) is 1.22. The van der Waals surface area contributed by atoms with E-state index in [1.165, 1.54) is 18.3 Å². The third-order valence-electron chi connectivity index (χ3n) is 2.29. The first-order valence-corrected chi connectivity index (χ1v) is 6.17. The molecule has 0 aliphatic heterocycles. The molecule has 0 aliphatic carbocycles. The lowest BCUT2D eigenvalue weighted by molar-refractivity contribution is 0.104. The van der Waals surface area contributed by atoms with E-state index in [0.717, 1.165) is 5.69 Å². The van der Waals surface area contributed by atoms with Crippen LogP contribution in [0.5, 0.6) is 0 Å². The number of aromatic nitrogens is 1. The molecule has 1 aromatic heterocycles. The monoisotopic (exact) mass is 296 g/mol. The first kappa shape index (κ1) is 13.6. The first-order chi connectivity index (χ1) is 9.06. The Morgan fingerprint density at radius 2 is 2.11 bits per heavy atom. The van der Waals surface area contributed by atoms with Crippen molar-refractivity contribution in [2.45, 2.75) is 6.92 Å². The summed E-state index contributed by atoms with van der Waals surface area (Å²) in [5, 5.41) is 7.27. The topological polar surface area (TPSA) is 55.1 Å². The summed E-state index contributed by atoms with van der Waals surface area (Å²) < 4.78 is 4.92. The molecule has 1 aromatic carbocycles. The highest BCUT2D eigenvalue weighted by Gasteiger charge is 2.05. The molecule has 6 heteroatoms. The highest BCUT2D eigenvalue weighted by Crippen LogP contribution is 2.22. The molecule has 1 N–H and O–H groups in total. The molecule has 0 saturated heterocycles. The second kappa shape index (κ2) is 5.91. The van der Waals surface area contributed by atoms with Crippen molar-refractivity contribution in [1.29, 1.82) is 0 Å². The van der Waals surface area contributed by atoms with Gasteiger partial charge in [0, 0.05) is 23.9 Å². The van der Waals surface area contributed by atoms with Crippen LogP contribution in [-0.4, -0.2) is 10.9 Å². The fourth-order valence-corrected chi connectivity index (χ4v) is 1.67. The Kier molecular flexibility index (Phi) is 4.24. The number of carbonyl (C=O) groups excluding carboxylic acids is 1. The van der Waals surface area contributed by atoms with E-state index in [2.05, 4.69) is 10.5 Å². The summed E-state index contributed by atoms with van der Waals surface area (Å²) in [6.45, 7) is 1.80. The standard InChI is InChI=1S/C13H10Cl2N2O2/c1-8-6-13(19-17-8)16-5-4-12(18)9-2-3-10(14)11(15)7-9/h2-7,16H,1H3/b5-4-. The van der Waals surface area contributed by atoms with Gasteiger partial charge < -0.3 is 9.84 Å². The van der Waals surface area contributed by atoms with Crippen molar-refractivity contribution < 1.29 is 9.32 Å². The van der Waals surface area contributed by atoms with Crippen LogP contribution in [0.4, 0.5) is 5.88 Å². The average molecular weight is 297 g/mol. The van der Waals surface area contributed by atoms with Crippen LogP contribution >= 0.6 is 23.2 Å². The Labute approximate surface area is 120 Å². The lowest BCUT2D eigenvalue weighted by Gasteiger charge is -1.99. The highest BCUT2D eigenvalue weighted by atomic mass is 35.5. The number of hydrogen-bond acceptors (Lipinski definition) is 4. The number of hydrogen-bond donors (Lipinski definition) is 1. The van der Waals surface area contributed by atoms with Gasteiger partial charge in [-0.1, -0.05) is 28.4 Å². The minimum absolute atomic E-state index is 0.192. The van der Waals surface area contributed by atoms with E-state index in [4.69, 9.17) is 27.7 Å². The zero-order valence-electron chi connectivity index (χ0n) is 9.98. The van der Waals surface area contributed by atoms with Gasteiger partial charge in [-0.05, 0) is 25.1 Å². The molecule has 0 spiro atoms. The third-order valence-corrected chi connectivity index (χ3v) is 3.03. The largest absolute Gasteiger partial charge is 0.338 e. The smallest absolute Gasteiger partial charge is 0.228 e. The zero-order valence-corrected chi connectivity index (χ0v) is 11.5. The van der Waals surface area contributed by atoms with Gasteiger partial charge in [0.25, 0.3) is 0 Å². The Morgan fingerprint density at radius 3 is 2.74 bits per heavy atom. The normalized spacial score (nSPS) is 10.9. The summed E-state index contributed by atoms with van der Waals surface area (Å²) >= 11 is 11.6. The van der Waals surface area contributed by atoms with Crippen LogP contribution in [0.1, 0.15) is 16.1 Å². The number of anilines is 1. The van der Waals surface area contributed by atoms with E-state index in [-0.39, 0.29) is 5.78 Å². The minimum Gasteiger partial charge on any atom is -0.338 e. The number of nitrogens with zero attached hydrogens (tertiary/aromatic N) is 1. The second-order valence-electron chi connectivity index (χ2n) is 3.80. The van der Waals surface area contributed by atoms with Crippen molar-refractivity contribution >= 4 is 34.9 Å². The van der Waals surface area contributed by atoms with Gasteiger partial charge in [-0.2, -0.15) is 0 Å². The molecule has 0 amide bonds. The van der Waals surface area contributed by atoms with Gasteiger partial charge in [-0.3, -0.25) is 4.79 Å². The van der Waals surface area contributed by atoms with Crippen molar-refractivity contribution in [2.24, 2.45) is 0 Å². The lowest BCUT2D eigenvalue weighted by atomic mass is 10.1. The molecule has 0 bridgehead atoms. The van der Waals surface area contributed by atoms with E-state index in [9.17, 15) is 4.79 Å². The molecule has 0 aliphatic rings. The second-order valence-corrected chi connectivity index (χ2v) is 4.62. The van der Waals surface area contributed by atoms with Crippen LogP contribution in [-0.2, 0) is 0 Å². The molecular formula is C13H10Cl2N2O2. The number of halogens is 2. The Balaban J connectivity index is 2.02. The number of nitrogens with one attached hydrogen (secondary N) is 1. The average Bonchev–Trinajstić information content (AvgIpc) is 2.78. The number of ketones is 1. The van der Waals surface area contributed by atoms with Gasteiger partial charge in [-0.25, -0.2) is 0 Å². The van der Waals surface area contributed by atoms with E-state index in [1.807, 2.05) is 0 Å². The van der Waals surface area contributed by atoms with Crippen molar-refractivity contribution in [3.8, 4) is 0 Å². The molecule has 0 radical (unpaired) electrons. The molecule has 0 fully saturated rings. The van der Waals surface area contributed by atoms with Crippen LogP contribution < -0.4 is 5.32 Å². The summed E-state index contributed by atoms with van der Waals surface area (Å²) in [7, 11) is 0. The molecule has 1 heterocycles. The van der Waals surface area contributed by atoms with E-state index >= 15 is 0 Å². The summed E-state index contributed by atoms with van der Waals surface area (Å²) in [6, 6.07) is 6.43. The minimum atomic E-state index is -0.192. The molecule has 2 aromatic rings. The molecule has 19 heavy (non-hydrogen) atoms. The fourth-order valence-electron chi connectivity index (χ4n) is 1.38. The number of benzene rings is 1. The molecule has 2 rings (SSSR count). The molecular weight excluding hydrogens is 287 g/mol. The van der Waals surface area contributed by atoms with Gasteiger partial charge in [-0.15, -0.1) is 0 Å². The lowest BCUT2D eigenvalue weighted by Crippen LogP contribution is -1.96. The Hall–Kier alpha value is -1.78. The van der Waals surface area contributed by atoms with E-state index < -0.39 is 0 Å². The van der Waals surface area contributed by atoms with Crippen LogP contribution in [0.2, 0.25) is 10.0 Å². The quantitative estimate of drug-likeness (QED) is 0.682. The predicted molar refractivity (Wildman–Crippen MR) is 74.8 cm³/mol. The molecule has 98 valence electrons. The van der Waals surface area contributed by atoms with Crippen molar-refractivity contribution in [1.82, 2.24) is 5.16 Å². The van der Waals surface area contributed by atoms with Crippen molar-refractivity contribution in [3.63, 3.8) is 0 Å². The zero-order chi connectivity index (χ0) is 13.8. The maximum atomic E-state index is 11.8. The maximum absolute atomic E-state index is 11.8. The van der Waals surface area contributed by atoms with Crippen molar-refractivity contribution in [2.75, 3.05) is 5.32 Å². The third kappa shape index (κ3) is 3.59. The number of aryl methyl sites for hydroxylation is 1. The summed E-state index contributed by atoms with van der Waals surface area (Å²) in [5.74, 6) is 0.276. The maximum Gasteiger partial charge on any atom is 0.228 e. The number of rotatable bonds is 4. The fraction of sp³-hybridized carbons (Fsp3) is 0.0769. The number of carbonyl (C=O) groups is 1. The predicted octanol–water partition coefficient (Wildman–Crippen LogP) is 4.10. The Bertz CT molecular complexity index is 635. The summed E-state index contributed by atoms with van der Waals surface area (Å²) in [6.07, 6.45) is 2.85.